The number of hydrogen-bond acceptors (Lipinski definition) is 26. The van der Waals surface area contributed by atoms with Gasteiger partial charge < -0.3 is 98.5 Å². The Morgan fingerprint density at radius 2 is 1.30 bits per heavy atom. The van der Waals surface area contributed by atoms with Crippen molar-refractivity contribution in [1.82, 2.24) is 46.5 Å². The van der Waals surface area contributed by atoms with Gasteiger partial charge in [0.25, 0.3) is 17.9 Å². The average molecular weight is 1120 g/mol. The zero-order valence-electron chi connectivity index (χ0n) is 39.3. The smallest absolute Gasteiger partial charge is 0.327 e. The minimum atomic E-state index is -2.62. The van der Waals surface area contributed by atoms with Crippen molar-refractivity contribution < 1.29 is 104 Å². The predicted octanol–water partition coefficient (Wildman–Crippen LogP) is -7.93. The van der Waals surface area contributed by atoms with Gasteiger partial charge in [0.15, 0.2) is 11.2 Å². The molecule has 3 aromatic rings. The first-order valence-electron chi connectivity index (χ1n) is 22.1. The molecule has 418 valence electrons. The number of benzene rings is 1. The molecule has 2 aromatic heterocycles. The SMILES string of the molecule is Nc1nc2ncc(CNc3ccc(C(=O)N[C@@H](CCC(=O)N[C@H](C(=O)N[C@@H](CC(=O)O)C(=O)N[C@H](C(=O)N[C@@H](CSSCCOC=O)C(=O)O)[C@@H](O)[C@H](O)[C@H](O)CO)[C@@H](O)[C@H](O)[C@H](O)CO)C(=O)O)cc3)nc2c(=O)[nH]1. The number of nitrogen functional groups attached to an aromatic ring is 1. The molecule has 1 aromatic carbocycles. The van der Waals surface area contributed by atoms with Crippen molar-refractivity contribution in [1.29, 1.82) is 0 Å². The molecule has 0 aliphatic rings. The second-order valence-electron chi connectivity index (χ2n) is 15.9. The lowest BCUT2D eigenvalue weighted by atomic mass is 9.98. The van der Waals surface area contributed by atoms with Gasteiger partial charge in [-0.15, -0.1) is 0 Å². The lowest BCUT2D eigenvalue weighted by Gasteiger charge is -2.32. The van der Waals surface area contributed by atoms with Crippen molar-refractivity contribution in [3.63, 3.8) is 0 Å². The van der Waals surface area contributed by atoms with Crippen LogP contribution in [-0.2, 0) is 49.6 Å². The van der Waals surface area contributed by atoms with Gasteiger partial charge >= 0.3 is 17.9 Å². The lowest BCUT2D eigenvalue weighted by molar-refractivity contribution is -0.147. The van der Waals surface area contributed by atoms with Crippen LogP contribution < -0.4 is 43.2 Å². The molecule has 35 heteroatoms. The minimum absolute atomic E-state index is 0.0211. The van der Waals surface area contributed by atoms with Gasteiger partial charge in [-0.25, -0.2) is 19.6 Å². The Kier molecular flexibility index (Phi) is 25.6. The van der Waals surface area contributed by atoms with Gasteiger partial charge in [0.1, 0.15) is 73.4 Å². The first-order chi connectivity index (χ1) is 35.9. The first kappa shape index (κ1) is 62.9. The summed E-state index contributed by atoms with van der Waals surface area (Å²) in [4.78, 5) is 140. The minimum Gasteiger partial charge on any atom is -0.481 e. The molecule has 0 aliphatic heterocycles. The highest BCUT2D eigenvalue weighted by atomic mass is 33.1. The second kappa shape index (κ2) is 30.9. The summed E-state index contributed by atoms with van der Waals surface area (Å²) in [6.07, 6.45) is -16.3. The molecule has 33 nitrogen and oxygen atoms in total. The zero-order valence-corrected chi connectivity index (χ0v) is 41.0. The fourth-order valence-corrected chi connectivity index (χ4v) is 8.32. The number of nitrogens with two attached hydrogens (primary N) is 1. The number of aliphatic hydroxyl groups is 8. The van der Waals surface area contributed by atoms with Crippen molar-refractivity contribution >= 4 is 98.3 Å². The largest absolute Gasteiger partial charge is 0.481 e. The van der Waals surface area contributed by atoms with E-state index in [1.807, 2.05) is 16.0 Å². The number of aromatic amines is 1. The molecular formula is C41H55N11O22S2. The van der Waals surface area contributed by atoms with Crippen LogP contribution in [0.25, 0.3) is 11.2 Å². The summed E-state index contributed by atoms with van der Waals surface area (Å²) in [7, 11) is 1.86. The van der Waals surface area contributed by atoms with E-state index in [9.17, 15) is 104 Å². The highest BCUT2D eigenvalue weighted by Crippen LogP contribution is 2.22. The lowest BCUT2D eigenvalue weighted by Crippen LogP contribution is -2.65. The van der Waals surface area contributed by atoms with E-state index < -0.39 is 158 Å². The predicted molar refractivity (Wildman–Crippen MR) is 259 cm³/mol. The number of carbonyl (C=O) groups excluding carboxylic acids is 6. The number of nitrogens with one attached hydrogen (secondary N) is 7. The number of aliphatic carboxylic acids is 3. The van der Waals surface area contributed by atoms with Crippen molar-refractivity contribution in [2.75, 3.05) is 42.4 Å². The van der Waals surface area contributed by atoms with Gasteiger partial charge in [-0.1, -0.05) is 21.6 Å². The standard InChI is InChI=1S/C41H55N11O22S2/c42-41-51-33-28(38(69)52-41)45-18(11-44-33)10-43-17-3-1-16(2-4-17)34(65)46-19(39(70)71)5-6-24(58)49-26(31(63)29(61)22(56)12-53)36(67)47-20(9-25(59)60)35(66)50-27(32(64)30(62)23(57)13-54)37(68)48-21(40(72)73)14-76-75-8-7-74-15-55/h1-4,11,15,19-23,26-27,29-32,43,53-54,56-57,61-64H,5-10,12-14H2,(H,46,65)(H,47,67)(H,48,68)(H,49,58)(H,50,66)(H,59,60)(H,70,71)(H,72,73)(H3,42,44,51,52,69)/t19-,20-,21-,22+,23+,26-,27-,29+,30+,31+,32+/m0/s1. The molecule has 0 aliphatic carbocycles. The fraction of sp³-hybridized carbons (Fsp3) is 0.488. The second-order valence-corrected chi connectivity index (χ2v) is 18.6. The third-order valence-corrected chi connectivity index (χ3v) is 12.8. The topological polar surface area (TPSA) is 555 Å². The molecule has 11 atom stereocenters. The third kappa shape index (κ3) is 19.4. The van der Waals surface area contributed by atoms with Crippen LogP contribution in [0.4, 0.5) is 11.6 Å². The van der Waals surface area contributed by atoms with E-state index in [4.69, 9.17) is 5.73 Å². The number of aliphatic hydroxyl groups excluding tert-OH is 8. The summed E-state index contributed by atoms with van der Waals surface area (Å²) >= 11 is 0. The Balaban J connectivity index is 1.78. The Morgan fingerprint density at radius 3 is 1.86 bits per heavy atom. The number of ether oxygens (including phenoxy) is 1. The fourth-order valence-electron chi connectivity index (χ4n) is 6.33. The molecular weight excluding hydrogens is 1060 g/mol. The van der Waals surface area contributed by atoms with Crippen molar-refractivity contribution in [2.45, 2.75) is 92.6 Å². The van der Waals surface area contributed by atoms with Crippen molar-refractivity contribution in [3.05, 3.63) is 52.1 Å². The zero-order chi connectivity index (χ0) is 56.8. The van der Waals surface area contributed by atoms with E-state index in [2.05, 4.69) is 35.3 Å². The van der Waals surface area contributed by atoms with Gasteiger partial charge in [-0.05, 0) is 30.7 Å². The highest BCUT2D eigenvalue weighted by Gasteiger charge is 2.42. The number of nitrogens with zero attached hydrogens (tertiary/aromatic N) is 3. The maximum Gasteiger partial charge on any atom is 0.327 e. The number of carboxylic acids is 3. The van der Waals surface area contributed by atoms with E-state index in [1.165, 1.54) is 30.5 Å². The molecule has 0 bridgehead atoms. The van der Waals surface area contributed by atoms with Crippen molar-refractivity contribution in [3.8, 4) is 0 Å². The number of H-pyrrole nitrogens is 1. The molecule has 0 radical (unpaired) electrons. The summed E-state index contributed by atoms with van der Waals surface area (Å²) in [5.41, 5.74) is 5.57. The third-order valence-electron chi connectivity index (χ3n) is 10.4. The molecule has 0 saturated carbocycles. The average Bonchev–Trinajstić information content (AvgIpc) is 3.38. The number of amides is 5. The van der Waals surface area contributed by atoms with Crippen molar-refractivity contribution in [2.24, 2.45) is 0 Å². The van der Waals surface area contributed by atoms with Gasteiger partial charge in [0, 0.05) is 29.2 Å². The van der Waals surface area contributed by atoms with Crippen LogP contribution in [0.5, 0.6) is 0 Å². The van der Waals surface area contributed by atoms with Gasteiger partial charge in [0.2, 0.25) is 29.6 Å². The monoisotopic (exact) mass is 1120 g/mol. The van der Waals surface area contributed by atoms with Crippen LogP contribution in [-0.4, -0.2) is 228 Å². The van der Waals surface area contributed by atoms with Crippen LogP contribution in [0, 0.1) is 0 Å². The summed E-state index contributed by atoms with van der Waals surface area (Å²) in [6.45, 7) is -2.33. The number of aromatic nitrogens is 4. The molecule has 76 heavy (non-hydrogen) atoms. The van der Waals surface area contributed by atoms with E-state index in [1.54, 1.807) is 5.32 Å². The van der Waals surface area contributed by atoms with Crippen LogP contribution in [0.15, 0.2) is 35.3 Å². The summed E-state index contributed by atoms with van der Waals surface area (Å²) in [6, 6.07) is -5.57. The number of hydrogen-bond donors (Lipinski definition) is 19. The summed E-state index contributed by atoms with van der Waals surface area (Å²) in [5.74, 6) is -12.9. The van der Waals surface area contributed by atoms with Crippen LogP contribution in [0.1, 0.15) is 35.3 Å². The highest BCUT2D eigenvalue weighted by molar-refractivity contribution is 8.76. The molecule has 5 amide bonds. The van der Waals surface area contributed by atoms with E-state index in [-0.39, 0.29) is 48.1 Å². The Labute approximate surface area is 434 Å². The molecule has 0 unspecified atom stereocenters. The molecule has 3 rings (SSSR count). The first-order valence-corrected chi connectivity index (χ1v) is 24.5. The van der Waals surface area contributed by atoms with Gasteiger partial charge in [0.05, 0.1) is 38.1 Å². The normalized spacial score (nSPS) is 15.6. The number of fused-ring (bicyclic) bond motifs is 1. The maximum absolute atomic E-state index is 13.8. The number of carboxylic acid groups (broad SMARTS) is 3. The maximum atomic E-state index is 13.8. The van der Waals surface area contributed by atoms with Crippen LogP contribution in [0.2, 0.25) is 0 Å². The van der Waals surface area contributed by atoms with E-state index in [0.717, 1.165) is 21.6 Å². The van der Waals surface area contributed by atoms with Gasteiger partial charge in [-0.3, -0.25) is 43.3 Å². The van der Waals surface area contributed by atoms with Crippen LogP contribution >= 0.6 is 21.6 Å². The molecule has 0 saturated heterocycles. The number of carbonyl (C=O) groups is 9. The van der Waals surface area contributed by atoms with E-state index in [0.29, 0.717) is 11.4 Å². The Hall–Kier alpha value is -7.35. The molecule has 2 heterocycles. The Bertz CT molecular complexity index is 2570. The van der Waals surface area contributed by atoms with Gasteiger partial charge in [-0.2, -0.15) is 4.98 Å². The molecule has 0 fully saturated rings. The number of rotatable bonds is 34. The number of anilines is 2. The Morgan fingerprint density at radius 1 is 0.724 bits per heavy atom. The van der Waals surface area contributed by atoms with Crippen LogP contribution in [0.3, 0.4) is 0 Å². The summed E-state index contributed by atoms with van der Waals surface area (Å²) < 4.78 is 4.51. The van der Waals surface area contributed by atoms with E-state index >= 15 is 0 Å². The molecule has 0 spiro atoms. The molecule has 20 N–H and O–H groups in total. The quantitative estimate of drug-likeness (QED) is 0.0150. The summed E-state index contributed by atoms with van der Waals surface area (Å²) in [5, 5.41) is 124.